The third-order valence-electron chi connectivity index (χ3n) is 2.59. The first-order chi connectivity index (χ1) is 10.1. The SMILES string of the molecule is CC1(C)OC(=O)C(=CNc2cc(Cl)c(Cl)c(Cl)c2Cl)C(=O)O1. The number of ether oxygens (including phenoxy) is 2. The van der Waals surface area contributed by atoms with Gasteiger partial charge in [-0.05, 0) is 6.07 Å². The van der Waals surface area contributed by atoms with Crippen molar-refractivity contribution in [2.75, 3.05) is 5.32 Å². The van der Waals surface area contributed by atoms with E-state index < -0.39 is 17.7 Å². The van der Waals surface area contributed by atoms with Crippen molar-refractivity contribution in [3.63, 3.8) is 0 Å². The number of benzene rings is 1. The van der Waals surface area contributed by atoms with Gasteiger partial charge in [0.05, 0.1) is 25.8 Å². The lowest BCUT2D eigenvalue weighted by Crippen LogP contribution is -2.42. The number of anilines is 1. The highest BCUT2D eigenvalue weighted by atomic mass is 35.5. The third kappa shape index (κ3) is 3.43. The molecule has 1 heterocycles. The molecule has 1 aromatic rings. The number of rotatable bonds is 2. The third-order valence-corrected chi connectivity index (χ3v) is 4.34. The van der Waals surface area contributed by atoms with Crippen LogP contribution in [0.1, 0.15) is 13.8 Å². The molecule has 0 saturated carbocycles. The first kappa shape index (κ1) is 17.2. The molecular weight excluding hydrogens is 376 g/mol. The topological polar surface area (TPSA) is 64.6 Å². The van der Waals surface area contributed by atoms with Gasteiger partial charge in [0, 0.05) is 20.0 Å². The zero-order valence-corrected chi connectivity index (χ0v) is 14.3. The van der Waals surface area contributed by atoms with Crippen LogP contribution in [0.4, 0.5) is 5.69 Å². The zero-order chi connectivity index (χ0) is 16.7. The molecule has 1 saturated heterocycles. The van der Waals surface area contributed by atoms with Crippen LogP contribution in [0.15, 0.2) is 17.8 Å². The Morgan fingerprint density at radius 3 is 2.09 bits per heavy atom. The van der Waals surface area contributed by atoms with Crippen LogP contribution in [0.3, 0.4) is 0 Å². The van der Waals surface area contributed by atoms with Gasteiger partial charge in [-0.25, -0.2) is 9.59 Å². The summed E-state index contributed by atoms with van der Waals surface area (Å²) in [6.45, 7) is 2.89. The first-order valence-corrected chi connectivity index (χ1v) is 7.40. The fraction of sp³-hybridized carbons (Fsp3) is 0.231. The van der Waals surface area contributed by atoms with Gasteiger partial charge in [0.1, 0.15) is 0 Å². The summed E-state index contributed by atoms with van der Waals surface area (Å²) in [7, 11) is 0. The molecule has 0 spiro atoms. The number of nitrogens with one attached hydrogen (secondary N) is 1. The number of hydrogen-bond acceptors (Lipinski definition) is 5. The minimum Gasteiger partial charge on any atom is -0.419 e. The summed E-state index contributed by atoms with van der Waals surface area (Å²) in [5.74, 6) is -2.96. The van der Waals surface area contributed by atoms with E-state index in [4.69, 9.17) is 55.9 Å². The normalized spacial score (nSPS) is 16.9. The van der Waals surface area contributed by atoms with E-state index in [1.165, 1.54) is 19.9 Å². The number of carbonyl (C=O) groups is 2. The Bertz CT molecular complexity index is 678. The Labute approximate surface area is 146 Å². The molecule has 5 nitrogen and oxygen atoms in total. The molecule has 2 rings (SSSR count). The fourth-order valence-corrected chi connectivity index (χ4v) is 2.46. The molecule has 0 aliphatic carbocycles. The maximum Gasteiger partial charge on any atom is 0.350 e. The average Bonchev–Trinajstić information content (AvgIpc) is 2.39. The van der Waals surface area contributed by atoms with Crippen LogP contribution in [0, 0.1) is 0 Å². The molecule has 0 radical (unpaired) electrons. The quantitative estimate of drug-likeness (QED) is 0.268. The van der Waals surface area contributed by atoms with Gasteiger partial charge in [0.25, 0.3) is 5.79 Å². The highest BCUT2D eigenvalue weighted by molar-refractivity contribution is 6.52. The second-order valence-corrected chi connectivity index (χ2v) is 6.27. The molecule has 1 N–H and O–H groups in total. The summed E-state index contributed by atoms with van der Waals surface area (Å²) in [6, 6.07) is 1.40. The molecule has 1 aliphatic rings. The molecule has 0 unspecified atom stereocenters. The molecule has 1 aromatic carbocycles. The zero-order valence-electron chi connectivity index (χ0n) is 11.3. The second kappa shape index (κ2) is 6.16. The van der Waals surface area contributed by atoms with Crippen molar-refractivity contribution >= 4 is 64.0 Å². The van der Waals surface area contributed by atoms with Crippen LogP contribution in [0.5, 0.6) is 0 Å². The lowest BCUT2D eigenvalue weighted by molar-refractivity contribution is -0.222. The highest BCUT2D eigenvalue weighted by Crippen LogP contribution is 2.40. The monoisotopic (exact) mass is 383 g/mol. The molecule has 1 fully saturated rings. The van der Waals surface area contributed by atoms with E-state index in [2.05, 4.69) is 5.32 Å². The van der Waals surface area contributed by atoms with Crippen molar-refractivity contribution in [2.24, 2.45) is 0 Å². The van der Waals surface area contributed by atoms with Gasteiger partial charge in [0.15, 0.2) is 5.57 Å². The van der Waals surface area contributed by atoms with Crippen molar-refractivity contribution in [1.29, 1.82) is 0 Å². The lowest BCUT2D eigenvalue weighted by atomic mass is 10.2. The Balaban J connectivity index is 2.30. The van der Waals surface area contributed by atoms with Gasteiger partial charge < -0.3 is 14.8 Å². The standard InChI is InChI=1S/C13H9Cl4NO4/c1-13(2)21-11(19)5(12(20)22-13)4-18-7-3-6(14)8(15)10(17)9(7)16/h3-4,18H,1-2H3. The number of cyclic esters (lactones) is 2. The Hall–Kier alpha value is -1.14. The maximum atomic E-state index is 11.8. The molecule has 0 bridgehead atoms. The predicted octanol–water partition coefficient (Wildman–Crippen LogP) is 4.43. The van der Waals surface area contributed by atoms with Gasteiger partial charge >= 0.3 is 11.9 Å². The van der Waals surface area contributed by atoms with Crippen molar-refractivity contribution in [1.82, 2.24) is 0 Å². The highest BCUT2D eigenvalue weighted by Gasteiger charge is 2.39. The van der Waals surface area contributed by atoms with E-state index in [0.717, 1.165) is 6.20 Å². The molecule has 0 amide bonds. The van der Waals surface area contributed by atoms with Crippen LogP contribution >= 0.6 is 46.4 Å². The van der Waals surface area contributed by atoms with Crippen molar-refractivity contribution in [3.8, 4) is 0 Å². The van der Waals surface area contributed by atoms with Crippen LogP contribution in [-0.2, 0) is 19.1 Å². The molecular formula is C13H9Cl4NO4. The van der Waals surface area contributed by atoms with E-state index >= 15 is 0 Å². The largest absolute Gasteiger partial charge is 0.419 e. The van der Waals surface area contributed by atoms with Crippen LogP contribution < -0.4 is 5.32 Å². The summed E-state index contributed by atoms with van der Waals surface area (Å²) in [4.78, 5) is 23.6. The van der Waals surface area contributed by atoms with Crippen molar-refractivity contribution in [2.45, 2.75) is 19.6 Å². The predicted molar refractivity (Wildman–Crippen MR) is 84.5 cm³/mol. The van der Waals surface area contributed by atoms with Crippen LogP contribution in [0.25, 0.3) is 0 Å². The Morgan fingerprint density at radius 1 is 1.00 bits per heavy atom. The molecule has 1 aliphatic heterocycles. The molecule has 0 aromatic heterocycles. The number of hydrogen-bond donors (Lipinski definition) is 1. The molecule has 0 atom stereocenters. The molecule has 118 valence electrons. The van der Waals surface area contributed by atoms with Gasteiger partial charge in [-0.3, -0.25) is 0 Å². The molecule has 22 heavy (non-hydrogen) atoms. The average molecular weight is 385 g/mol. The summed E-state index contributed by atoms with van der Waals surface area (Å²) < 4.78 is 9.89. The summed E-state index contributed by atoms with van der Waals surface area (Å²) in [5, 5.41) is 3.05. The van der Waals surface area contributed by atoms with Gasteiger partial charge in [0.2, 0.25) is 0 Å². The van der Waals surface area contributed by atoms with Crippen molar-refractivity contribution in [3.05, 3.63) is 37.9 Å². The van der Waals surface area contributed by atoms with E-state index in [1.807, 2.05) is 0 Å². The fourth-order valence-electron chi connectivity index (χ4n) is 1.61. The second-order valence-electron chi connectivity index (χ2n) is 4.73. The number of carbonyl (C=O) groups excluding carboxylic acids is 2. The van der Waals surface area contributed by atoms with E-state index in [1.54, 1.807) is 0 Å². The smallest absolute Gasteiger partial charge is 0.350 e. The first-order valence-electron chi connectivity index (χ1n) is 5.89. The van der Waals surface area contributed by atoms with Gasteiger partial charge in [-0.2, -0.15) is 0 Å². The number of halogens is 4. The van der Waals surface area contributed by atoms with Crippen molar-refractivity contribution < 1.29 is 19.1 Å². The lowest BCUT2D eigenvalue weighted by Gasteiger charge is -2.29. The van der Waals surface area contributed by atoms with E-state index in [9.17, 15) is 9.59 Å². The van der Waals surface area contributed by atoms with Crippen LogP contribution in [0.2, 0.25) is 20.1 Å². The Kier molecular flexibility index (Phi) is 4.82. The van der Waals surface area contributed by atoms with E-state index in [-0.39, 0.29) is 31.4 Å². The minimum atomic E-state index is -1.31. The van der Waals surface area contributed by atoms with Crippen LogP contribution in [-0.4, -0.2) is 17.7 Å². The maximum absolute atomic E-state index is 11.8. The summed E-state index contributed by atoms with van der Waals surface area (Å²) in [5.41, 5.74) is -0.0587. The van der Waals surface area contributed by atoms with Gasteiger partial charge in [-0.15, -0.1) is 0 Å². The minimum absolute atomic E-state index is 0.0478. The number of esters is 2. The Morgan fingerprint density at radius 2 is 1.55 bits per heavy atom. The summed E-state index contributed by atoms with van der Waals surface area (Å²) in [6.07, 6.45) is 1.10. The van der Waals surface area contributed by atoms with E-state index in [0.29, 0.717) is 0 Å². The summed E-state index contributed by atoms with van der Waals surface area (Å²) >= 11 is 23.6. The van der Waals surface area contributed by atoms with Gasteiger partial charge in [-0.1, -0.05) is 46.4 Å². The molecule has 9 heteroatoms.